The van der Waals surface area contributed by atoms with Crippen molar-refractivity contribution in [2.75, 3.05) is 7.05 Å². The summed E-state index contributed by atoms with van der Waals surface area (Å²) in [7, 11) is 1.82. The number of aliphatic imine (C=N–C) groups is 1. The van der Waals surface area contributed by atoms with Crippen LogP contribution < -0.4 is 0 Å². The van der Waals surface area contributed by atoms with Gasteiger partial charge in [-0.3, -0.25) is 4.99 Å². The average Bonchev–Trinajstić information content (AvgIpc) is 2.37. The Balaban J connectivity index is 0.00000137. The van der Waals surface area contributed by atoms with Gasteiger partial charge in [-0.15, -0.1) is 0 Å². The predicted molar refractivity (Wildman–Crippen MR) is 83.4 cm³/mol. The molecule has 0 bridgehead atoms. The molecule has 1 rings (SSSR count). The van der Waals surface area contributed by atoms with Crippen molar-refractivity contribution >= 4 is 6.21 Å². The zero-order valence-electron chi connectivity index (χ0n) is 12.7. The Kier molecular flexibility index (Phi) is 8.02. The Hall–Kier alpha value is -1.37. The van der Waals surface area contributed by atoms with E-state index in [1.807, 2.05) is 33.2 Å². The van der Waals surface area contributed by atoms with Gasteiger partial charge < -0.3 is 0 Å². The molecule has 0 aromatic heterocycles. The number of allylic oxidation sites excluding steroid dienone is 2. The number of hydrogen-bond donors (Lipinski definition) is 0. The van der Waals surface area contributed by atoms with Crippen LogP contribution in [0.4, 0.5) is 0 Å². The van der Waals surface area contributed by atoms with E-state index in [9.17, 15) is 0 Å². The minimum Gasteiger partial charge on any atom is -0.296 e. The molecule has 1 aromatic carbocycles. The first-order chi connectivity index (χ1) is 8.54. The second-order valence-corrected chi connectivity index (χ2v) is 4.99. The van der Waals surface area contributed by atoms with Crippen molar-refractivity contribution in [1.82, 2.24) is 0 Å². The minimum absolute atomic E-state index is 0.161. The molecule has 1 heteroatoms. The first kappa shape index (κ1) is 16.6. The van der Waals surface area contributed by atoms with Crippen LogP contribution >= 0.6 is 0 Å². The lowest BCUT2D eigenvalue weighted by Crippen LogP contribution is -2.11. The van der Waals surface area contributed by atoms with Gasteiger partial charge in [0.2, 0.25) is 0 Å². The summed E-state index contributed by atoms with van der Waals surface area (Å²) in [5.74, 6) is 0. The Morgan fingerprint density at radius 1 is 1.11 bits per heavy atom. The highest BCUT2D eigenvalue weighted by Crippen LogP contribution is 2.24. The summed E-state index contributed by atoms with van der Waals surface area (Å²) >= 11 is 0. The molecule has 0 radical (unpaired) electrons. The van der Waals surface area contributed by atoms with E-state index < -0.39 is 0 Å². The molecule has 0 aliphatic heterocycles. The van der Waals surface area contributed by atoms with Crippen molar-refractivity contribution in [3.63, 3.8) is 0 Å². The Labute approximate surface area is 113 Å². The van der Waals surface area contributed by atoms with E-state index in [2.05, 4.69) is 56.1 Å². The zero-order chi connectivity index (χ0) is 14.0. The molecule has 0 amide bonds. The molecule has 1 nitrogen and oxygen atoms in total. The zero-order valence-corrected chi connectivity index (χ0v) is 12.7. The quantitative estimate of drug-likeness (QED) is 0.670. The normalized spacial score (nSPS) is 12.2. The molecule has 0 N–H and O–H groups in total. The van der Waals surface area contributed by atoms with Gasteiger partial charge in [-0.25, -0.2) is 0 Å². The highest BCUT2D eigenvalue weighted by molar-refractivity contribution is 5.80. The fourth-order valence-corrected chi connectivity index (χ4v) is 1.53. The molecule has 0 fully saturated rings. The fraction of sp³-hybridized carbons (Fsp3) is 0.471. The molecular formula is C17H27N. The van der Waals surface area contributed by atoms with Crippen LogP contribution in [0.5, 0.6) is 0 Å². The maximum atomic E-state index is 4.12. The van der Waals surface area contributed by atoms with Crippen molar-refractivity contribution in [3.05, 3.63) is 47.5 Å². The maximum absolute atomic E-state index is 4.12. The van der Waals surface area contributed by atoms with E-state index in [0.717, 1.165) is 6.42 Å². The lowest BCUT2D eigenvalue weighted by Gasteiger charge is -2.19. The summed E-state index contributed by atoms with van der Waals surface area (Å²) in [5, 5.41) is 0. The topological polar surface area (TPSA) is 12.4 Å². The van der Waals surface area contributed by atoms with E-state index in [0.29, 0.717) is 0 Å². The third-order valence-electron chi connectivity index (χ3n) is 2.53. The van der Waals surface area contributed by atoms with Gasteiger partial charge in [0, 0.05) is 13.3 Å². The SMILES string of the molecule is CC.CN=C/C(=C\Cc1ccccc1)C(C)(C)C. The molecule has 18 heavy (non-hydrogen) atoms. The van der Waals surface area contributed by atoms with E-state index in [4.69, 9.17) is 0 Å². The van der Waals surface area contributed by atoms with E-state index in [-0.39, 0.29) is 5.41 Å². The van der Waals surface area contributed by atoms with Crippen LogP contribution in [-0.4, -0.2) is 13.3 Å². The van der Waals surface area contributed by atoms with Gasteiger partial charge in [-0.1, -0.05) is 71.0 Å². The van der Waals surface area contributed by atoms with Crippen LogP contribution in [0.2, 0.25) is 0 Å². The van der Waals surface area contributed by atoms with Crippen molar-refractivity contribution in [2.45, 2.75) is 41.0 Å². The number of benzene rings is 1. The van der Waals surface area contributed by atoms with Gasteiger partial charge in [-0.05, 0) is 23.0 Å². The minimum atomic E-state index is 0.161. The first-order valence-electron chi connectivity index (χ1n) is 6.71. The van der Waals surface area contributed by atoms with Crippen molar-refractivity contribution in [3.8, 4) is 0 Å². The molecule has 0 aliphatic rings. The van der Waals surface area contributed by atoms with Gasteiger partial charge in [0.1, 0.15) is 0 Å². The van der Waals surface area contributed by atoms with E-state index in [1.54, 1.807) is 0 Å². The molecule has 0 spiro atoms. The van der Waals surface area contributed by atoms with Crippen molar-refractivity contribution in [2.24, 2.45) is 10.4 Å². The second kappa shape index (κ2) is 8.68. The number of hydrogen-bond acceptors (Lipinski definition) is 1. The summed E-state index contributed by atoms with van der Waals surface area (Å²) in [4.78, 5) is 4.12. The van der Waals surface area contributed by atoms with Crippen LogP contribution in [0.1, 0.15) is 40.2 Å². The van der Waals surface area contributed by atoms with Gasteiger partial charge in [0.05, 0.1) is 0 Å². The van der Waals surface area contributed by atoms with Crippen molar-refractivity contribution < 1.29 is 0 Å². The number of rotatable bonds is 3. The molecule has 1 aromatic rings. The lowest BCUT2D eigenvalue weighted by atomic mass is 9.86. The fourth-order valence-electron chi connectivity index (χ4n) is 1.53. The molecule has 0 unspecified atom stereocenters. The summed E-state index contributed by atoms with van der Waals surface area (Å²) in [6.45, 7) is 10.6. The summed E-state index contributed by atoms with van der Waals surface area (Å²) in [6.07, 6.45) is 5.20. The highest BCUT2D eigenvalue weighted by atomic mass is 14.6. The molecule has 0 saturated heterocycles. The first-order valence-corrected chi connectivity index (χ1v) is 6.71. The van der Waals surface area contributed by atoms with Gasteiger partial charge in [0.25, 0.3) is 0 Å². The van der Waals surface area contributed by atoms with Gasteiger partial charge in [-0.2, -0.15) is 0 Å². The summed E-state index contributed by atoms with van der Waals surface area (Å²) < 4.78 is 0. The second-order valence-electron chi connectivity index (χ2n) is 4.99. The Bertz CT molecular complexity index is 366. The maximum Gasteiger partial charge on any atom is 0.0277 e. The standard InChI is InChI=1S/C15H21N.C2H6/c1-15(2,3)14(12-16-4)11-10-13-8-6-5-7-9-13;1-2/h5-9,11-12H,10H2,1-4H3;1-2H3/b14-11+,16-12?;. The van der Waals surface area contributed by atoms with Gasteiger partial charge in [0.15, 0.2) is 0 Å². The molecule has 100 valence electrons. The largest absolute Gasteiger partial charge is 0.296 e. The molecule has 0 heterocycles. The Morgan fingerprint density at radius 2 is 1.67 bits per heavy atom. The van der Waals surface area contributed by atoms with Crippen LogP contribution in [0, 0.1) is 5.41 Å². The predicted octanol–water partition coefficient (Wildman–Crippen LogP) is 4.93. The third kappa shape index (κ3) is 6.39. The van der Waals surface area contributed by atoms with Crippen LogP contribution in [0.3, 0.4) is 0 Å². The van der Waals surface area contributed by atoms with Crippen LogP contribution in [0.15, 0.2) is 47.0 Å². The van der Waals surface area contributed by atoms with Crippen molar-refractivity contribution in [1.29, 1.82) is 0 Å². The molecular weight excluding hydrogens is 218 g/mol. The average molecular weight is 245 g/mol. The molecule has 0 saturated carbocycles. The van der Waals surface area contributed by atoms with E-state index >= 15 is 0 Å². The van der Waals surface area contributed by atoms with Crippen LogP contribution in [0.25, 0.3) is 0 Å². The molecule has 0 atom stereocenters. The third-order valence-corrected chi connectivity index (χ3v) is 2.53. The Morgan fingerprint density at radius 3 is 2.11 bits per heavy atom. The summed E-state index contributed by atoms with van der Waals surface area (Å²) in [5.41, 5.74) is 2.79. The smallest absolute Gasteiger partial charge is 0.0277 e. The summed E-state index contributed by atoms with van der Waals surface area (Å²) in [6, 6.07) is 10.5. The van der Waals surface area contributed by atoms with Crippen LogP contribution in [-0.2, 0) is 6.42 Å². The monoisotopic (exact) mass is 245 g/mol. The highest BCUT2D eigenvalue weighted by Gasteiger charge is 2.14. The molecule has 0 aliphatic carbocycles. The van der Waals surface area contributed by atoms with E-state index in [1.165, 1.54) is 11.1 Å². The number of nitrogens with zero attached hydrogens (tertiary/aromatic N) is 1. The lowest BCUT2D eigenvalue weighted by molar-refractivity contribution is 0.525. The van der Waals surface area contributed by atoms with Gasteiger partial charge >= 0.3 is 0 Å².